The van der Waals surface area contributed by atoms with Gasteiger partial charge in [-0.15, -0.1) is 0 Å². The Hall–Kier alpha value is -0.930. The fourth-order valence-corrected chi connectivity index (χ4v) is 3.34. The summed E-state index contributed by atoms with van der Waals surface area (Å²) in [5, 5.41) is 0.474. The predicted molar refractivity (Wildman–Crippen MR) is 90.9 cm³/mol. The molecule has 0 amide bonds. The van der Waals surface area contributed by atoms with Gasteiger partial charge < -0.3 is 0 Å². The van der Waals surface area contributed by atoms with Crippen molar-refractivity contribution in [1.82, 2.24) is 9.97 Å². The molecule has 0 atom stereocenters. The number of rotatable bonds is 2. The van der Waals surface area contributed by atoms with E-state index in [9.17, 15) is 0 Å². The van der Waals surface area contributed by atoms with Gasteiger partial charge in [-0.1, -0.05) is 50.6 Å². The molecule has 0 aliphatic heterocycles. The lowest BCUT2D eigenvalue weighted by molar-refractivity contribution is 0.564. The van der Waals surface area contributed by atoms with Crippen LogP contribution in [0.25, 0.3) is 11.4 Å². The maximum Gasteiger partial charge on any atom is 0.161 e. The van der Waals surface area contributed by atoms with Gasteiger partial charge in [0.1, 0.15) is 5.15 Å². The zero-order valence-corrected chi connectivity index (χ0v) is 14.8. The quantitative estimate of drug-likeness (QED) is 0.635. The number of halogens is 2. The van der Waals surface area contributed by atoms with E-state index >= 15 is 0 Å². The van der Waals surface area contributed by atoms with Crippen molar-refractivity contribution in [1.29, 1.82) is 0 Å². The first-order valence-electron chi connectivity index (χ1n) is 7.20. The maximum atomic E-state index is 6.29. The highest BCUT2D eigenvalue weighted by Crippen LogP contribution is 2.41. The van der Waals surface area contributed by atoms with Gasteiger partial charge in [-0.3, -0.25) is 0 Å². The van der Waals surface area contributed by atoms with Crippen LogP contribution in [0.5, 0.6) is 0 Å². The highest BCUT2D eigenvalue weighted by atomic mass is 79.9. The Labute approximate surface area is 139 Å². The van der Waals surface area contributed by atoms with E-state index in [1.807, 2.05) is 0 Å². The summed E-state index contributed by atoms with van der Waals surface area (Å²) in [6.07, 6.45) is 2.58. The standard InChI is InChI=1S/C17H18BrClN2/c1-17(2,3)14-13(18)15(19)21-16(20-14)12-6-4-5-11(9-12)10-7-8-10/h4-6,9-10H,7-8H2,1-3H3. The van der Waals surface area contributed by atoms with Crippen molar-refractivity contribution in [2.75, 3.05) is 0 Å². The van der Waals surface area contributed by atoms with Crippen molar-refractivity contribution in [3.8, 4) is 11.4 Å². The summed E-state index contributed by atoms with van der Waals surface area (Å²) in [6.45, 7) is 6.38. The van der Waals surface area contributed by atoms with Crippen LogP contribution in [-0.4, -0.2) is 9.97 Å². The van der Waals surface area contributed by atoms with Gasteiger partial charge in [0.05, 0.1) is 10.2 Å². The Kier molecular flexibility index (Phi) is 3.83. The first-order chi connectivity index (χ1) is 9.86. The van der Waals surface area contributed by atoms with Crippen molar-refractivity contribution < 1.29 is 0 Å². The van der Waals surface area contributed by atoms with Crippen molar-refractivity contribution >= 4 is 27.5 Å². The molecule has 0 bridgehead atoms. The summed E-state index contributed by atoms with van der Waals surface area (Å²) in [5.41, 5.74) is 3.27. The third-order valence-electron chi connectivity index (χ3n) is 3.71. The second-order valence-electron chi connectivity index (χ2n) is 6.65. The lowest BCUT2D eigenvalue weighted by atomic mass is 9.92. The number of nitrogens with zero attached hydrogens (tertiary/aromatic N) is 2. The van der Waals surface area contributed by atoms with Gasteiger partial charge in [-0.2, -0.15) is 0 Å². The van der Waals surface area contributed by atoms with Gasteiger partial charge in [0.2, 0.25) is 0 Å². The topological polar surface area (TPSA) is 25.8 Å². The van der Waals surface area contributed by atoms with Crippen molar-refractivity contribution in [3.63, 3.8) is 0 Å². The Morgan fingerprint density at radius 2 is 1.90 bits per heavy atom. The van der Waals surface area contributed by atoms with Gasteiger partial charge in [0, 0.05) is 11.0 Å². The minimum Gasteiger partial charge on any atom is -0.231 e. The van der Waals surface area contributed by atoms with Crippen molar-refractivity contribution in [2.45, 2.75) is 44.9 Å². The largest absolute Gasteiger partial charge is 0.231 e. The third-order valence-corrected chi connectivity index (χ3v) is 4.97. The van der Waals surface area contributed by atoms with Crippen LogP contribution in [0.4, 0.5) is 0 Å². The first-order valence-corrected chi connectivity index (χ1v) is 8.37. The van der Waals surface area contributed by atoms with Gasteiger partial charge in [0.25, 0.3) is 0 Å². The number of benzene rings is 1. The van der Waals surface area contributed by atoms with Crippen LogP contribution < -0.4 is 0 Å². The third kappa shape index (κ3) is 3.14. The SMILES string of the molecule is CC(C)(C)c1nc(-c2cccc(C3CC3)c2)nc(Cl)c1Br. The summed E-state index contributed by atoms with van der Waals surface area (Å²) in [7, 11) is 0. The van der Waals surface area contributed by atoms with Crippen LogP contribution in [0, 0.1) is 0 Å². The molecular formula is C17H18BrClN2. The minimum absolute atomic E-state index is 0.0890. The molecule has 1 aliphatic carbocycles. The molecule has 1 aromatic carbocycles. The van der Waals surface area contributed by atoms with E-state index in [1.165, 1.54) is 18.4 Å². The van der Waals surface area contributed by atoms with E-state index in [-0.39, 0.29) is 5.41 Å². The highest BCUT2D eigenvalue weighted by Gasteiger charge is 2.25. The summed E-state index contributed by atoms with van der Waals surface area (Å²) in [5.74, 6) is 1.42. The number of hydrogen-bond acceptors (Lipinski definition) is 2. The zero-order chi connectivity index (χ0) is 15.2. The van der Waals surface area contributed by atoms with E-state index in [0.717, 1.165) is 21.6 Å². The first kappa shape index (κ1) is 15.0. The van der Waals surface area contributed by atoms with Gasteiger partial charge in [0.15, 0.2) is 5.82 Å². The average molecular weight is 366 g/mol. The van der Waals surface area contributed by atoms with E-state index in [1.54, 1.807) is 0 Å². The molecule has 0 radical (unpaired) electrons. The summed E-state index contributed by atoms with van der Waals surface area (Å²) in [4.78, 5) is 9.20. The lowest BCUT2D eigenvalue weighted by Gasteiger charge is -2.20. The van der Waals surface area contributed by atoms with E-state index < -0.39 is 0 Å². The van der Waals surface area contributed by atoms with E-state index in [0.29, 0.717) is 11.0 Å². The highest BCUT2D eigenvalue weighted by molar-refractivity contribution is 9.10. The van der Waals surface area contributed by atoms with Crippen LogP contribution >= 0.6 is 27.5 Å². The van der Waals surface area contributed by atoms with Crippen LogP contribution in [0.15, 0.2) is 28.7 Å². The molecule has 2 nitrogen and oxygen atoms in total. The monoisotopic (exact) mass is 364 g/mol. The molecule has 21 heavy (non-hydrogen) atoms. The lowest BCUT2D eigenvalue weighted by Crippen LogP contribution is -2.16. The second-order valence-corrected chi connectivity index (χ2v) is 7.80. The zero-order valence-electron chi connectivity index (χ0n) is 12.5. The number of hydrogen-bond donors (Lipinski definition) is 0. The summed E-state index contributed by atoms with van der Waals surface area (Å²) in [6, 6.07) is 8.52. The predicted octanol–water partition coefficient (Wildman–Crippen LogP) is 5.73. The van der Waals surface area contributed by atoms with Gasteiger partial charge in [-0.25, -0.2) is 9.97 Å². The van der Waals surface area contributed by atoms with Crippen molar-refractivity contribution in [2.24, 2.45) is 0 Å². The molecule has 0 N–H and O–H groups in total. The molecule has 0 spiro atoms. The molecule has 1 aliphatic rings. The Balaban J connectivity index is 2.10. The molecule has 0 unspecified atom stereocenters. The molecule has 3 rings (SSSR count). The molecule has 1 heterocycles. The normalized spacial score (nSPS) is 15.3. The maximum absolute atomic E-state index is 6.29. The van der Waals surface area contributed by atoms with Crippen LogP contribution in [0.2, 0.25) is 5.15 Å². The Bertz CT molecular complexity index is 688. The number of aromatic nitrogens is 2. The fraction of sp³-hybridized carbons (Fsp3) is 0.412. The average Bonchev–Trinajstić information content (AvgIpc) is 3.25. The summed E-state index contributed by atoms with van der Waals surface area (Å²) < 4.78 is 0.791. The molecule has 4 heteroatoms. The molecule has 110 valence electrons. The molecule has 2 aromatic rings. The molecule has 1 saturated carbocycles. The molecule has 0 saturated heterocycles. The summed E-state index contributed by atoms with van der Waals surface area (Å²) >= 11 is 9.81. The Morgan fingerprint density at radius 1 is 1.19 bits per heavy atom. The molecule has 1 aromatic heterocycles. The van der Waals surface area contributed by atoms with E-state index in [4.69, 9.17) is 16.6 Å². The van der Waals surface area contributed by atoms with E-state index in [2.05, 4.69) is 66.0 Å². The Morgan fingerprint density at radius 3 is 2.52 bits per heavy atom. The van der Waals surface area contributed by atoms with Crippen LogP contribution in [-0.2, 0) is 5.41 Å². The van der Waals surface area contributed by atoms with Crippen molar-refractivity contribution in [3.05, 3.63) is 45.1 Å². The second kappa shape index (κ2) is 5.36. The van der Waals surface area contributed by atoms with Crippen LogP contribution in [0.3, 0.4) is 0 Å². The smallest absolute Gasteiger partial charge is 0.161 e. The van der Waals surface area contributed by atoms with Gasteiger partial charge in [-0.05, 0) is 46.3 Å². The fourth-order valence-electron chi connectivity index (χ4n) is 2.39. The minimum atomic E-state index is -0.0890. The molecular weight excluding hydrogens is 348 g/mol. The van der Waals surface area contributed by atoms with Crippen LogP contribution in [0.1, 0.15) is 50.8 Å². The molecule has 1 fully saturated rings. The van der Waals surface area contributed by atoms with Gasteiger partial charge >= 0.3 is 0 Å².